The highest BCUT2D eigenvalue weighted by atomic mass is 35.5. The summed E-state index contributed by atoms with van der Waals surface area (Å²) in [6.45, 7) is 2.12. The third-order valence-corrected chi connectivity index (χ3v) is 2.07. The number of ether oxygens (including phenoxy) is 1. The van der Waals surface area contributed by atoms with Crippen molar-refractivity contribution < 1.29 is 9.53 Å². The van der Waals surface area contributed by atoms with Crippen molar-refractivity contribution >= 4 is 29.2 Å². The zero-order valence-corrected chi connectivity index (χ0v) is 10.2. The second kappa shape index (κ2) is 6.42. The molecular formula is C12H10Cl2O2. The normalized spacial score (nSPS) is 9.19. The lowest BCUT2D eigenvalue weighted by molar-refractivity contribution is -0.141. The third-order valence-electron chi connectivity index (χ3n) is 1.63. The van der Waals surface area contributed by atoms with Crippen LogP contribution in [-0.4, -0.2) is 12.6 Å². The van der Waals surface area contributed by atoms with E-state index in [0.717, 1.165) is 0 Å². The molecule has 16 heavy (non-hydrogen) atoms. The predicted octanol–water partition coefficient (Wildman–Crippen LogP) is 3.30. The van der Waals surface area contributed by atoms with E-state index in [9.17, 15) is 4.79 Å². The van der Waals surface area contributed by atoms with E-state index in [1.54, 1.807) is 25.1 Å². The van der Waals surface area contributed by atoms with Gasteiger partial charge in [0.2, 0.25) is 0 Å². The molecule has 0 aliphatic heterocycles. The predicted molar refractivity (Wildman–Crippen MR) is 64.6 cm³/mol. The zero-order valence-electron chi connectivity index (χ0n) is 8.72. The lowest BCUT2D eigenvalue weighted by atomic mass is 10.2. The van der Waals surface area contributed by atoms with E-state index < -0.39 is 0 Å². The number of carbonyl (C=O) groups excluding carboxylic acids is 1. The van der Waals surface area contributed by atoms with Crippen molar-refractivity contribution in [3.63, 3.8) is 0 Å². The second-order valence-electron chi connectivity index (χ2n) is 2.94. The molecule has 84 valence electrons. The largest absolute Gasteiger partial charge is 0.465 e. The summed E-state index contributed by atoms with van der Waals surface area (Å²) in [5.74, 6) is 5.16. The molecule has 0 unspecified atom stereocenters. The van der Waals surface area contributed by atoms with E-state index in [2.05, 4.69) is 11.8 Å². The first-order valence-corrected chi connectivity index (χ1v) is 5.48. The average molecular weight is 257 g/mol. The summed E-state index contributed by atoms with van der Waals surface area (Å²) in [4.78, 5) is 11.0. The summed E-state index contributed by atoms with van der Waals surface area (Å²) >= 11 is 11.6. The van der Waals surface area contributed by atoms with Gasteiger partial charge in [0.15, 0.2) is 0 Å². The molecule has 0 atom stereocenters. The van der Waals surface area contributed by atoms with E-state index >= 15 is 0 Å². The Balaban J connectivity index is 2.66. The van der Waals surface area contributed by atoms with Gasteiger partial charge in [0.1, 0.15) is 6.42 Å². The van der Waals surface area contributed by atoms with Gasteiger partial charge < -0.3 is 4.74 Å². The van der Waals surface area contributed by atoms with Crippen LogP contribution in [0.1, 0.15) is 18.9 Å². The van der Waals surface area contributed by atoms with Crippen molar-refractivity contribution in [2.75, 3.05) is 6.61 Å². The summed E-state index contributed by atoms with van der Waals surface area (Å²) in [6, 6.07) is 5.00. The molecule has 0 heterocycles. The molecule has 0 spiro atoms. The summed E-state index contributed by atoms with van der Waals surface area (Å²) in [5.41, 5.74) is 0.682. The van der Waals surface area contributed by atoms with Gasteiger partial charge in [-0.2, -0.15) is 0 Å². The van der Waals surface area contributed by atoms with Gasteiger partial charge >= 0.3 is 5.97 Å². The average Bonchev–Trinajstić information content (AvgIpc) is 2.16. The maximum absolute atomic E-state index is 11.0. The Morgan fingerprint density at radius 3 is 2.50 bits per heavy atom. The molecule has 0 aliphatic rings. The summed E-state index contributed by atoms with van der Waals surface area (Å²) in [6.07, 6.45) is 0.0674. The van der Waals surface area contributed by atoms with Crippen LogP contribution < -0.4 is 0 Å². The SMILES string of the molecule is CCOC(=O)CC#Cc1cc(Cl)cc(Cl)c1. The molecule has 0 amide bonds. The number of rotatable bonds is 2. The van der Waals surface area contributed by atoms with E-state index in [1.807, 2.05) is 0 Å². The van der Waals surface area contributed by atoms with Crippen LogP contribution in [0.4, 0.5) is 0 Å². The van der Waals surface area contributed by atoms with Crippen molar-refractivity contribution in [3.05, 3.63) is 33.8 Å². The molecule has 0 saturated carbocycles. The van der Waals surface area contributed by atoms with Crippen LogP contribution in [-0.2, 0) is 9.53 Å². The fourth-order valence-electron chi connectivity index (χ4n) is 1.06. The fraction of sp³-hybridized carbons (Fsp3) is 0.250. The Morgan fingerprint density at radius 2 is 1.94 bits per heavy atom. The Kier molecular flexibility index (Phi) is 5.18. The van der Waals surface area contributed by atoms with Crippen LogP contribution in [0.3, 0.4) is 0 Å². The van der Waals surface area contributed by atoms with Gasteiger partial charge in [-0.1, -0.05) is 35.0 Å². The molecular weight excluding hydrogens is 247 g/mol. The first kappa shape index (κ1) is 12.9. The van der Waals surface area contributed by atoms with Crippen molar-refractivity contribution in [2.45, 2.75) is 13.3 Å². The van der Waals surface area contributed by atoms with Gasteiger partial charge in [0, 0.05) is 15.6 Å². The minimum absolute atomic E-state index is 0.0674. The number of benzene rings is 1. The van der Waals surface area contributed by atoms with E-state index in [4.69, 9.17) is 27.9 Å². The van der Waals surface area contributed by atoms with Crippen LogP contribution in [0.25, 0.3) is 0 Å². The van der Waals surface area contributed by atoms with Crippen molar-refractivity contribution in [3.8, 4) is 11.8 Å². The van der Waals surface area contributed by atoms with Crippen LogP contribution in [0.5, 0.6) is 0 Å². The lowest BCUT2D eigenvalue weighted by Gasteiger charge is -1.96. The number of halogens is 2. The van der Waals surface area contributed by atoms with Crippen LogP contribution in [0.2, 0.25) is 10.0 Å². The topological polar surface area (TPSA) is 26.3 Å². The van der Waals surface area contributed by atoms with Crippen molar-refractivity contribution in [1.29, 1.82) is 0 Å². The Bertz CT molecular complexity index is 424. The molecule has 0 aromatic heterocycles. The van der Waals surface area contributed by atoms with Crippen molar-refractivity contribution in [2.24, 2.45) is 0 Å². The summed E-state index contributed by atoms with van der Waals surface area (Å²) in [5, 5.41) is 1.04. The summed E-state index contributed by atoms with van der Waals surface area (Å²) in [7, 11) is 0. The molecule has 0 N–H and O–H groups in total. The molecule has 0 bridgehead atoms. The van der Waals surface area contributed by atoms with Gasteiger partial charge in [0.05, 0.1) is 6.61 Å². The lowest BCUT2D eigenvalue weighted by Crippen LogP contribution is -2.01. The fourth-order valence-corrected chi connectivity index (χ4v) is 1.58. The standard InChI is InChI=1S/C12H10Cl2O2/c1-2-16-12(15)5-3-4-9-6-10(13)8-11(14)7-9/h6-8H,2,5H2,1H3. The van der Waals surface area contributed by atoms with Crippen molar-refractivity contribution in [1.82, 2.24) is 0 Å². The first-order valence-electron chi connectivity index (χ1n) is 4.72. The van der Waals surface area contributed by atoms with Gasteiger partial charge in [-0.25, -0.2) is 0 Å². The maximum atomic E-state index is 11.0. The number of carbonyl (C=O) groups is 1. The number of hydrogen-bond donors (Lipinski definition) is 0. The molecule has 1 aromatic rings. The highest BCUT2D eigenvalue weighted by molar-refractivity contribution is 6.34. The molecule has 1 aromatic carbocycles. The zero-order chi connectivity index (χ0) is 12.0. The number of esters is 1. The van der Waals surface area contributed by atoms with Gasteiger partial charge in [-0.05, 0) is 25.1 Å². The first-order chi connectivity index (χ1) is 7.61. The van der Waals surface area contributed by atoms with Crippen LogP contribution in [0.15, 0.2) is 18.2 Å². The summed E-state index contributed by atoms with van der Waals surface area (Å²) < 4.78 is 4.73. The van der Waals surface area contributed by atoms with Crippen LogP contribution >= 0.6 is 23.2 Å². The molecule has 0 aliphatic carbocycles. The molecule has 0 saturated heterocycles. The van der Waals surface area contributed by atoms with E-state index in [-0.39, 0.29) is 12.4 Å². The van der Waals surface area contributed by atoms with Gasteiger partial charge in [-0.3, -0.25) is 4.79 Å². The Hall–Kier alpha value is -1.17. The molecule has 2 nitrogen and oxygen atoms in total. The van der Waals surface area contributed by atoms with Gasteiger partial charge in [0.25, 0.3) is 0 Å². The monoisotopic (exact) mass is 256 g/mol. The third kappa shape index (κ3) is 4.57. The minimum atomic E-state index is -0.330. The number of hydrogen-bond acceptors (Lipinski definition) is 2. The maximum Gasteiger partial charge on any atom is 0.317 e. The van der Waals surface area contributed by atoms with Gasteiger partial charge in [-0.15, -0.1) is 0 Å². The quantitative estimate of drug-likeness (QED) is 0.600. The molecule has 1 rings (SSSR count). The van der Waals surface area contributed by atoms with E-state index in [1.165, 1.54) is 0 Å². The molecule has 0 fully saturated rings. The highest BCUT2D eigenvalue weighted by Gasteiger charge is 1.97. The second-order valence-corrected chi connectivity index (χ2v) is 3.81. The minimum Gasteiger partial charge on any atom is -0.465 e. The molecule has 4 heteroatoms. The Labute approximate surface area is 105 Å². The Morgan fingerprint density at radius 1 is 1.31 bits per heavy atom. The molecule has 0 radical (unpaired) electrons. The highest BCUT2D eigenvalue weighted by Crippen LogP contribution is 2.18. The van der Waals surface area contributed by atoms with E-state index in [0.29, 0.717) is 22.2 Å². The van der Waals surface area contributed by atoms with Crippen LogP contribution in [0, 0.1) is 11.8 Å². The smallest absolute Gasteiger partial charge is 0.317 e.